The van der Waals surface area contributed by atoms with Crippen molar-refractivity contribution in [2.75, 3.05) is 13.1 Å². The Hall–Kier alpha value is -1.29. The Morgan fingerprint density at radius 2 is 2.19 bits per heavy atom. The minimum atomic E-state index is -0.0294. The van der Waals surface area contributed by atoms with Crippen LogP contribution in [0.5, 0.6) is 0 Å². The number of rotatable bonds is 5. The van der Waals surface area contributed by atoms with E-state index >= 15 is 0 Å². The van der Waals surface area contributed by atoms with Crippen molar-refractivity contribution >= 4 is 5.91 Å². The minimum Gasteiger partial charge on any atom is -0.469 e. The van der Waals surface area contributed by atoms with E-state index in [4.69, 9.17) is 4.42 Å². The Labute approximate surface area is 96.4 Å². The van der Waals surface area contributed by atoms with Gasteiger partial charge >= 0.3 is 0 Å². The van der Waals surface area contributed by atoms with Crippen LogP contribution in [0.2, 0.25) is 0 Å². The molecular formula is C12H20N2O2. The summed E-state index contributed by atoms with van der Waals surface area (Å²) >= 11 is 0. The van der Waals surface area contributed by atoms with Gasteiger partial charge in [-0.05, 0) is 32.9 Å². The van der Waals surface area contributed by atoms with Gasteiger partial charge in [0.05, 0.1) is 12.8 Å². The van der Waals surface area contributed by atoms with Crippen LogP contribution in [0.25, 0.3) is 0 Å². The maximum atomic E-state index is 11.4. The second kappa shape index (κ2) is 5.70. The molecule has 1 heterocycles. The molecule has 0 fully saturated rings. The number of carbonyl (C=O) groups is 1. The molecule has 0 saturated carbocycles. The van der Waals surface area contributed by atoms with Crippen LogP contribution >= 0.6 is 0 Å². The van der Waals surface area contributed by atoms with E-state index in [0.29, 0.717) is 13.1 Å². The fraction of sp³-hybridized carbons (Fsp3) is 0.583. The molecule has 0 saturated heterocycles. The van der Waals surface area contributed by atoms with E-state index in [1.165, 1.54) is 0 Å². The van der Waals surface area contributed by atoms with Crippen molar-refractivity contribution in [1.82, 2.24) is 10.6 Å². The second-order valence-electron chi connectivity index (χ2n) is 4.78. The Kier molecular flexibility index (Phi) is 4.55. The minimum absolute atomic E-state index is 0.0153. The maximum Gasteiger partial charge on any atom is 0.233 e. The highest BCUT2D eigenvalue weighted by atomic mass is 16.3. The third-order valence-corrected chi connectivity index (χ3v) is 2.05. The molecule has 2 N–H and O–H groups in total. The summed E-state index contributed by atoms with van der Waals surface area (Å²) in [4.78, 5) is 11.4. The first-order chi connectivity index (χ1) is 7.47. The molecule has 0 aliphatic carbocycles. The molecule has 0 spiro atoms. The van der Waals surface area contributed by atoms with E-state index in [2.05, 4.69) is 10.6 Å². The molecule has 0 aromatic carbocycles. The van der Waals surface area contributed by atoms with E-state index < -0.39 is 0 Å². The highest BCUT2D eigenvalue weighted by Crippen LogP contribution is 1.99. The van der Waals surface area contributed by atoms with E-state index in [0.717, 1.165) is 12.2 Å². The van der Waals surface area contributed by atoms with Crippen molar-refractivity contribution in [1.29, 1.82) is 0 Å². The monoisotopic (exact) mass is 224 g/mol. The van der Waals surface area contributed by atoms with Crippen LogP contribution in [0.4, 0.5) is 0 Å². The standard InChI is InChI=1S/C12H20N2O2/c1-12(2,3)14-9-11(15)13-7-6-10-5-4-8-16-10/h4-5,8,14H,6-7,9H2,1-3H3,(H,13,15). The molecule has 4 heteroatoms. The lowest BCUT2D eigenvalue weighted by Crippen LogP contribution is -2.43. The Morgan fingerprint density at radius 1 is 1.44 bits per heavy atom. The summed E-state index contributed by atoms with van der Waals surface area (Å²) in [7, 11) is 0. The van der Waals surface area contributed by atoms with Gasteiger partial charge < -0.3 is 15.1 Å². The normalized spacial score (nSPS) is 11.4. The van der Waals surface area contributed by atoms with E-state index in [9.17, 15) is 4.79 Å². The van der Waals surface area contributed by atoms with Crippen LogP contribution in [0, 0.1) is 0 Å². The van der Waals surface area contributed by atoms with Gasteiger partial charge in [0, 0.05) is 18.5 Å². The molecule has 1 aromatic rings. The fourth-order valence-electron chi connectivity index (χ4n) is 1.19. The molecule has 0 radical (unpaired) electrons. The summed E-state index contributed by atoms with van der Waals surface area (Å²) in [6, 6.07) is 3.75. The first-order valence-corrected chi connectivity index (χ1v) is 5.51. The average molecular weight is 224 g/mol. The van der Waals surface area contributed by atoms with Gasteiger partial charge in [-0.1, -0.05) is 0 Å². The largest absolute Gasteiger partial charge is 0.469 e. The highest BCUT2D eigenvalue weighted by molar-refractivity contribution is 5.78. The number of hydrogen-bond acceptors (Lipinski definition) is 3. The van der Waals surface area contributed by atoms with E-state index in [1.54, 1.807) is 6.26 Å². The summed E-state index contributed by atoms with van der Waals surface area (Å²) < 4.78 is 5.16. The highest BCUT2D eigenvalue weighted by Gasteiger charge is 2.10. The quantitative estimate of drug-likeness (QED) is 0.793. The lowest BCUT2D eigenvalue weighted by molar-refractivity contribution is -0.120. The molecule has 90 valence electrons. The molecule has 0 aliphatic rings. The van der Waals surface area contributed by atoms with Gasteiger partial charge in [0.15, 0.2) is 0 Å². The van der Waals surface area contributed by atoms with Gasteiger partial charge in [0.25, 0.3) is 0 Å². The number of amides is 1. The number of hydrogen-bond donors (Lipinski definition) is 2. The third kappa shape index (κ3) is 5.56. The summed E-state index contributed by atoms with van der Waals surface area (Å²) in [6.45, 7) is 7.05. The summed E-state index contributed by atoms with van der Waals surface area (Å²) in [5, 5.41) is 5.96. The van der Waals surface area contributed by atoms with Gasteiger partial charge in [-0.3, -0.25) is 4.79 Å². The first kappa shape index (κ1) is 12.8. The van der Waals surface area contributed by atoms with E-state index in [1.807, 2.05) is 32.9 Å². The molecule has 0 bridgehead atoms. The zero-order chi connectivity index (χ0) is 12.0. The molecule has 16 heavy (non-hydrogen) atoms. The van der Waals surface area contributed by atoms with Crippen molar-refractivity contribution in [3.05, 3.63) is 24.2 Å². The molecule has 1 amide bonds. The Balaban J connectivity index is 2.11. The van der Waals surface area contributed by atoms with Crippen LogP contribution in [-0.4, -0.2) is 24.5 Å². The molecule has 4 nitrogen and oxygen atoms in total. The van der Waals surface area contributed by atoms with Crippen molar-refractivity contribution in [3.63, 3.8) is 0 Å². The molecule has 0 atom stereocenters. The van der Waals surface area contributed by atoms with Crippen LogP contribution in [0.3, 0.4) is 0 Å². The zero-order valence-electron chi connectivity index (χ0n) is 10.2. The van der Waals surface area contributed by atoms with Crippen LogP contribution in [-0.2, 0) is 11.2 Å². The van der Waals surface area contributed by atoms with Gasteiger partial charge in [0.2, 0.25) is 5.91 Å². The molecule has 0 aliphatic heterocycles. The topological polar surface area (TPSA) is 54.3 Å². The lowest BCUT2D eigenvalue weighted by atomic mass is 10.1. The maximum absolute atomic E-state index is 11.4. The smallest absolute Gasteiger partial charge is 0.233 e. The van der Waals surface area contributed by atoms with Crippen molar-refractivity contribution in [2.24, 2.45) is 0 Å². The zero-order valence-corrected chi connectivity index (χ0v) is 10.2. The predicted molar refractivity (Wildman–Crippen MR) is 63.2 cm³/mol. The third-order valence-electron chi connectivity index (χ3n) is 2.05. The van der Waals surface area contributed by atoms with Crippen LogP contribution < -0.4 is 10.6 Å². The second-order valence-corrected chi connectivity index (χ2v) is 4.78. The predicted octanol–water partition coefficient (Wildman–Crippen LogP) is 1.33. The van der Waals surface area contributed by atoms with Crippen molar-refractivity contribution in [2.45, 2.75) is 32.7 Å². The van der Waals surface area contributed by atoms with Crippen LogP contribution in [0.1, 0.15) is 26.5 Å². The molecular weight excluding hydrogens is 204 g/mol. The Bertz CT molecular complexity index is 312. The number of carbonyl (C=O) groups excluding carboxylic acids is 1. The van der Waals surface area contributed by atoms with Crippen LogP contribution in [0.15, 0.2) is 22.8 Å². The van der Waals surface area contributed by atoms with Crippen molar-refractivity contribution in [3.8, 4) is 0 Å². The number of furan rings is 1. The van der Waals surface area contributed by atoms with E-state index in [-0.39, 0.29) is 11.4 Å². The SMILES string of the molecule is CC(C)(C)NCC(=O)NCCc1ccco1. The fourth-order valence-corrected chi connectivity index (χ4v) is 1.19. The van der Waals surface area contributed by atoms with Gasteiger partial charge in [-0.2, -0.15) is 0 Å². The summed E-state index contributed by atoms with van der Waals surface area (Å²) in [5.41, 5.74) is -0.0294. The lowest BCUT2D eigenvalue weighted by Gasteiger charge is -2.19. The molecule has 1 rings (SSSR count). The number of nitrogens with one attached hydrogen (secondary N) is 2. The van der Waals surface area contributed by atoms with Crippen molar-refractivity contribution < 1.29 is 9.21 Å². The van der Waals surface area contributed by atoms with Gasteiger partial charge in [-0.25, -0.2) is 0 Å². The first-order valence-electron chi connectivity index (χ1n) is 5.51. The Morgan fingerprint density at radius 3 is 2.75 bits per heavy atom. The summed E-state index contributed by atoms with van der Waals surface area (Å²) in [6.07, 6.45) is 2.37. The summed E-state index contributed by atoms with van der Waals surface area (Å²) in [5.74, 6) is 0.908. The molecule has 0 unspecified atom stereocenters. The molecule has 1 aromatic heterocycles. The van der Waals surface area contributed by atoms with Gasteiger partial charge in [-0.15, -0.1) is 0 Å². The average Bonchev–Trinajstić information content (AvgIpc) is 2.66. The van der Waals surface area contributed by atoms with Gasteiger partial charge in [0.1, 0.15) is 5.76 Å².